The summed E-state index contributed by atoms with van der Waals surface area (Å²) in [7, 11) is 0. The molecule has 0 aliphatic rings. The third-order valence-electron chi connectivity index (χ3n) is 2.18. The molecule has 2 aromatic carbocycles. The molecule has 0 atom stereocenters. The van der Waals surface area contributed by atoms with Crippen LogP contribution in [0.4, 0.5) is 0 Å². The lowest BCUT2D eigenvalue weighted by Gasteiger charge is -1.99. The van der Waals surface area contributed by atoms with Crippen LogP contribution >= 0.6 is 0 Å². The van der Waals surface area contributed by atoms with E-state index in [1.807, 2.05) is 48.5 Å². The first-order valence-electron chi connectivity index (χ1n) is 5.25. The van der Waals surface area contributed by atoms with Gasteiger partial charge in [0.25, 0.3) is 0 Å². The highest BCUT2D eigenvalue weighted by Gasteiger charge is 1.99. The molecule has 0 unspecified atom stereocenters. The molecule has 0 aliphatic heterocycles. The predicted molar refractivity (Wildman–Crippen MR) is 68.4 cm³/mol. The summed E-state index contributed by atoms with van der Waals surface area (Å²) in [5.74, 6) is 0.0396. The Morgan fingerprint density at radius 2 is 1.53 bits per heavy atom. The molecular formula is C14H12N2O. The van der Waals surface area contributed by atoms with E-state index in [-0.39, 0.29) is 5.90 Å². The van der Waals surface area contributed by atoms with Gasteiger partial charge in [0, 0.05) is 5.56 Å². The summed E-state index contributed by atoms with van der Waals surface area (Å²) in [6.45, 7) is 0. The highest BCUT2D eigenvalue weighted by molar-refractivity contribution is 5.92. The van der Waals surface area contributed by atoms with Crippen molar-refractivity contribution in [1.29, 1.82) is 5.41 Å². The van der Waals surface area contributed by atoms with Crippen molar-refractivity contribution in [2.24, 2.45) is 5.16 Å². The van der Waals surface area contributed by atoms with Gasteiger partial charge < -0.3 is 4.84 Å². The van der Waals surface area contributed by atoms with Gasteiger partial charge in [-0.2, -0.15) is 0 Å². The largest absolute Gasteiger partial charge is 0.337 e. The van der Waals surface area contributed by atoms with Gasteiger partial charge in [-0.1, -0.05) is 53.7 Å². The number of nitrogens with one attached hydrogen (secondary N) is 1. The second-order valence-electron chi connectivity index (χ2n) is 3.43. The van der Waals surface area contributed by atoms with E-state index in [1.165, 1.54) is 0 Å². The predicted octanol–water partition coefficient (Wildman–Crippen LogP) is 3.06. The van der Waals surface area contributed by atoms with Crippen LogP contribution in [0.3, 0.4) is 0 Å². The van der Waals surface area contributed by atoms with Gasteiger partial charge in [0.2, 0.25) is 5.90 Å². The van der Waals surface area contributed by atoms with E-state index in [1.54, 1.807) is 18.3 Å². The zero-order valence-corrected chi connectivity index (χ0v) is 9.21. The van der Waals surface area contributed by atoms with Crippen molar-refractivity contribution in [3.63, 3.8) is 0 Å². The number of hydrogen-bond acceptors (Lipinski definition) is 3. The number of oxime groups is 1. The molecule has 0 heterocycles. The van der Waals surface area contributed by atoms with Gasteiger partial charge >= 0.3 is 0 Å². The van der Waals surface area contributed by atoms with Gasteiger partial charge in [-0.3, -0.25) is 5.41 Å². The van der Waals surface area contributed by atoms with E-state index in [4.69, 9.17) is 10.2 Å². The number of rotatable bonds is 3. The summed E-state index contributed by atoms with van der Waals surface area (Å²) >= 11 is 0. The Hall–Kier alpha value is -2.42. The van der Waals surface area contributed by atoms with Crippen LogP contribution in [0.25, 0.3) is 0 Å². The number of nitrogens with zero attached hydrogens (tertiary/aromatic N) is 1. The molecule has 0 radical (unpaired) electrons. The van der Waals surface area contributed by atoms with Crippen LogP contribution in [-0.4, -0.2) is 12.1 Å². The van der Waals surface area contributed by atoms with Crippen LogP contribution in [0.15, 0.2) is 65.8 Å². The lowest BCUT2D eigenvalue weighted by Crippen LogP contribution is -2.00. The topological polar surface area (TPSA) is 45.4 Å². The first-order chi connectivity index (χ1) is 8.36. The van der Waals surface area contributed by atoms with Crippen molar-refractivity contribution in [3.8, 4) is 0 Å². The van der Waals surface area contributed by atoms with Gasteiger partial charge in [-0.05, 0) is 17.7 Å². The standard InChI is InChI=1S/C14H12N2O/c15-14(13-9-5-2-6-10-13)17-16-11-12-7-3-1-4-8-12/h1-11,15H/b15-14?,16-11+. The van der Waals surface area contributed by atoms with E-state index in [0.717, 1.165) is 5.56 Å². The molecule has 1 N–H and O–H groups in total. The van der Waals surface area contributed by atoms with Crippen LogP contribution in [0.2, 0.25) is 0 Å². The summed E-state index contributed by atoms with van der Waals surface area (Å²) in [4.78, 5) is 4.98. The maximum atomic E-state index is 7.66. The minimum absolute atomic E-state index is 0.0396. The van der Waals surface area contributed by atoms with Crippen molar-refractivity contribution in [2.45, 2.75) is 0 Å². The average molecular weight is 224 g/mol. The third-order valence-corrected chi connectivity index (χ3v) is 2.18. The molecule has 0 fully saturated rings. The molecule has 0 aliphatic carbocycles. The van der Waals surface area contributed by atoms with E-state index in [2.05, 4.69) is 5.16 Å². The molecule has 2 rings (SSSR count). The maximum absolute atomic E-state index is 7.66. The Bertz CT molecular complexity index is 506. The second kappa shape index (κ2) is 5.61. The fraction of sp³-hybridized carbons (Fsp3) is 0. The maximum Gasteiger partial charge on any atom is 0.248 e. The fourth-order valence-corrected chi connectivity index (χ4v) is 1.32. The molecule has 2 aromatic rings. The van der Waals surface area contributed by atoms with Crippen molar-refractivity contribution < 1.29 is 4.84 Å². The third kappa shape index (κ3) is 3.28. The SMILES string of the molecule is N=C(O/N=C/c1ccccc1)c1ccccc1. The van der Waals surface area contributed by atoms with Crippen LogP contribution in [0.1, 0.15) is 11.1 Å². The van der Waals surface area contributed by atoms with E-state index >= 15 is 0 Å². The number of hydrogen-bond donors (Lipinski definition) is 1. The molecule has 0 saturated heterocycles. The van der Waals surface area contributed by atoms with Gasteiger partial charge in [-0.25, -0.2) is 0 Å². The lowest BCUT2D eigenvalue weighted by atomic mass is 10.2. The monoisotopic (exact) mass is 224 g/mol. The number of benzene rings is 2. The van der Waals surface area contributed by atoms with Crippen LogP contribution in [0, 0.1) is 5.41 Å². The van der Waals surface area contributed by atoms with Crippen LogP contribution in [0.5, 0.6) is 0 Å². The minimum atomic E-state index is 0.0396. The van der Waals surface area contributed by atoms with Crippen molar-refractivity contribution in [2.75, 3.05) is 0 Å². The zero-order valence-electron chi connectivity index (χ0n) is 9.21. The van der Waals surface area contributed by atoms with Gasteiger partial charge in [0.1, 0.15) is 0 Å². The Morgan fingerprint density at radius 1 is 0.941 bits per heavy atom. The Labute approximate surface area is 99.9 Å². The molecule has 0 spiro atoms. The molecular weight excluding hydrogens is 212 g/mol. The smallest absolute Gasteiger partial charge is 0.248 e. The lowest BCUT2D eigenvalue weighted by molar-refractivity contribution is 0.329. The molecule has 0 aromatic heterocycles. The molecule has 0 amide bonds. The van der Waals surface area contributed by atoms with Crippen LogP contribution < -0.4 is 0 Å². The Balaban J connectivity index is 1.95. The van der Waals surface area contributed by atoms with E-state index in [9.17, 15) is 0 Å². The molecule has 0 bridgehead atoms. The van der Waals surface area contributed by atoms with Crippen molar-refractivity contribution in [3.05, 3.63) is 71.8 Å². The average Bonchev–Trinajstić information content (AvgIpc) is 2.41. The molecule has 3 heteroatoms. The first-order valence-corrected chi connectivity index (χ1v) is 5.25. The zero-order chi connectivity index (χ0) is 11.9. The summed E-state index contributed by atoms with van der Waals surface area (Å²) in [5.41, 5.74) is 1.64. The van der Waals surface area contributed by atoms with E-state index in [0.29, 0.717) is 5.56 Å². The minimum Gasteiger partial charge on any atom is -0.337 e. The normalized spacial score (nSPS) is 10.4. The molecule has 0 saturated carbocycles. The van der Waals surface area contributed by atoms with Gasteiger partial charge in [0.15, 0.2) is 0 Å². The van der Waals surface area contributed by atoms with Crippen LogP contribution in [-0.2, 0) is 4.84 Å². The second-order valence-corrected chi connectivity index (χ2v) is 3.43. The highest BCUT2D eigenvalue weighted by Crippen LogP contribution is 2.01. The summed E-state index contributed by atoms with van der Waals surface area (Å²) < 4.78 is 0. The Kier molecular flexibility index (Phi) is 3.65. The molecule has 3 nitrogen and oxygen atoms in total. The molecule has 84 valence electrons. The summed E-state index contributed by atoms with van der Waals surface area (Å²) in [6, 6.07) is 18.8. The highest BCUT2D eigenvalue weighted by atomic mass is 16.6. The molecule has 17 heavy (non-hydrogen) atoms. The summed E-state index contributed by atoms with van der Waals surface area (Å²) in [6.07, 6.45) is 1.58. The van der Waals surface area contributed by atoms with E-state index < -0.39 is 0 Å². The van der Waals surface area contributed by atoms with Crippen molar-refractivity contribution in [1.82, 2.24) is 0 Å². The fourth-order valence-electron chi connectivity index (χ4n) is 1.32. The van der Waals surface area contributed by atoms with Gasteiger partial charge in [0.05, 0.1) is 6.21 Å². The quantitative estimate of drug-likeness (QED) is 0.486. The van der Waals surface area contributed by atoms with Gasteiger partial charge in [-0.15, -0.1) is 0 Å². The van der Waals surface area contributed by atoms with Crippen molar-refractivity contribution >= 4 is 12.1 Å². The first kappa shape index (κ1) is 11.1. The summed E-state index contributed by atoms with van der Waals surface area (Å²) in [5, 5.41) is 11.4. The Morgan fingerprint density at radius 3 is 2.18 bits per heavy atom.